The zero-order valence-electron chi connectivity index (χ0n) is 9.13. The van der Waals surface area contributed by atoms with Crippen molar-refractivity contribution in [3.8, 4) is 0 Å². The third-order valence-corrected chi connectivity index (χ3v) is 2.36. The van der Waals surface area contributed by atoms with Gasteiger partial charge in [0.05, 0.1) is 12.2 Å². The summed E-state index contributed by atoms with van der Waals surface area (Å²) in [6.07, 6.45) is 3.11. The van der Waals surface area contributed by atoms with Crippen molar-refractivity contribution < 1.29 is 9.90 Å². The summed E-state index contributed by atoms with van der Waals surface area (Å²) in [4.78, 5) is 15.7. The first kappa shape index (κ1) is 11.3. The molecule has 4 nitrogen and oxygen atoms in total. The van der Waals surface area contributed by atoms with Gasteiger partial charge >= 0.3 is 0 Å². The third kappa shape index (κ3) is 2.68. The number of benzene rings is 1. The molecule has 2 rings (SSSR count). The molecule has 0 saturated heterocycles. The Hall–Kier alpha value is -2.20. The van der Waals surface area contributed by atoms with E-state index >= 15 is 0 Å². The predicted molar refractivity (Wildman–Crippen MR) is 64.6 cm³/mol. The Morgan fingerprint density at radius 2 is 2.06 bits per heavy atom. The average Bonchev–Trinajstić information content (AvgIpc) is 2.40. The lowest BCUT2D eigenvalue weighted by Crippen LogP contribution is -2.13. The topological polar surface area (TPSA) is 62.2 Å². The SMILES string of the molecule is O=C(Nc1ccccc1CO)c1cccnc1. The summed E-state index contributed by atoms with van der Waals surface area (Å²) in [5.74, 6) is -0.237. The van der Waals surface area contributed by atoms with Crippen molar-refractivity contribution in [3.63, 3.8) is 0 Å². The van der Waals surface area contributed by atoms with Gasteiger partial charge in [0.2, 0.25) is 0 Å². The largest absolute Gasteiger partial charge is 0.392 e. The zero-order valence-corrected chi connectivity index (χ0v) is 9.13. The summed E-state index contributed by atoms with van der Waals surface area (Å²) in [6.45, 7) is -0.108. The Morgan fingerprint density at radius 3 is 2.76 bits per heavy atom. The standard InChI is InChI=1S/C13H12N2O2/c16-9-11-4-1-2-6-12(11)15-13(17)10-5-3-7-14-8-10/h1-8,16H,9H2,(H,15,17). The molecule has 1 heterocycles. The number of aromatic nitrogens is 1. The van der Waals surface area contributed by atoms with Gasteiger partial charge in [-0.15, -0.1) is 0 Å². The molecule has 1 aromatic carbocycles. The highest BCUT2D eigenvalue weighted by molar-refractivity contribution is 6.04. The molecule has 0 unspecified atom stereocenters. The fourth-order valence-electron chi connectivity index (χ4n) is 1.47. The maximum atomic E-state index is 11.8. The van der Waals surface area contributed by atoms with Crippen LogP contribution in [0.1, 0.15) is 15.9 Å². The van der Waals surface area contributed by atoms with Crippen molar-refractivity contribution in [3.05, 3.63) is 59.9 Å². The van der Waals surface area contributed by atoms with E-state index in [2.05, 4.69) is 10.3 Å². The summed E-state index contributed by atoms with van der Waals surface area (Å²) in [5.41, 5.74) is 1.79. The fraction of sp³-hybridized carbons (Fsp3) is 0.0769. The van der Waals surface area contributed by atoms with Crippen LogP contribution in [0.3, 0.4) is 0 Å². The summed E-state index contributed by atoms with van der Waals surface area (Å²) in [6, 6.07) is 10.5. The number of nitrogens with one attached hydrogen (secondary N) is 1. The summed E-state index contributed by atoms with van der Waals surface area (Å²) in [7, 11) is 0. The van der Waals surface area contributed by atoms with E-state index in [0.29, 0.717) is 16.8 Å². The Morgan fingerprint density at radius 1 is 1.24 bits per heavy atom. The monoisotopic (exact) mass is 228 g/mol. The zero-order chi connectivity index (χ0) is 12.1. The first-order chi connectivity index (χ1) is 8.31. The highest BCUT2D eigenvalue weighted by Crippen LogP contribution is 2.15. The Kier molecular flexibility index (Phi) is 3.47. The van der Waals surface area contributed by atoms with E-state index < -0.39 is 0 Å². The van der Waals surface area contributed by atoms with Crippen LogP contribution in [-0.2, 0) is 6.61 Å². The number of carbonyl (C=O) groups excluding carboxylic acids is 1. The minimum absolute atomic E-state index is 0.108. The summed E-state index contributed by atoms with van der Waals surface area (Å²) < 4.78 is 0. The number of aliphatic hydroxyl groups is 1. The number of anilines is 1. The molecule has 1 aromatic heterocycles. The second-order valence-electron chi connectivity index (χ2n) is 3.51. The minimum atomic E-state index is -0.237. The molecule has 0 aliphatic rings. The molecule has 0 saturated carbocycles. The smallest absolute Gasteiger partial charge is 0.257 e. The molecule has 4 heteroatoms. The van der Waals surface area contributed by atoms with Gasteiger partial charge in [-0.1, -0.05) is 18.2 Å². The van der Waals surface area contributed by atoms with Gasteiger partial charge < -0.3 is 10.4 Å². The predicted octanol–water partition coefficient (Wildman–Crippen LogP) is 1.83. The lowest BCUT2D eigenvalue weighted by Gasteiger charge is -2.08. The van der Waals surface area contributed by atoms with E-state index in [0.717, 1.165) is 0 Å². The third-order valence-electron chi connectivity index (χ3n) is 2.36. The van der Waals surface area contributed by atoms with E-state index in [-0.39, 0.29) is 12.5 Å². The molecular weight excluding hydrogens is 216 g/mol. The van der Waals surface area contributed by atoms with E-state index in [1.165, 1.54) is 6.20 Å². The molecule has 0 aliphatic carbocycles. The summed E-state index contributed by atoms with van der Waals surface area (Å²) in [5, 5.41) is 11.9. The number of pyridine rings is 1. The van der Waals surface area contributed by atoms with Gasteiger partial charge in [-0.2, -0.15) is 0 Å². The fourth-order valence-corrected chi connectivity index (χ4v) is 1.47. The number of hydrogen-bond donors (Lipinski definition) is 2. The first-order valence-corrected chi connectivity index (χ1v) is 5.21. The Balaban J connectivity index is 2.19. The minimum Gasteiger partial charge on any atom is -0.392 e. The maximum absolute atomic E-state index is 11.8. The van der Waals surface area contributed by atoms with Crippen LogP contribution in [0.15, 0.2) is 48.8 Å². The number of carbonyl (C=O) groups is 1. The molecule has 1 amide bonds. The molecule has 86 valence electrons. The average molecular weight is 228 g/mol. The van der Waals surface area contributed by atoms with Gasteiger partial charge in [0, 0.05) is 23.6 Å². The van der Waals surface area contributed by atoms with Crippen LogP contribution in [0, 0.1) is 0 Å². The number of nitrogens with zero attached hydrogens (tertiary/aromatic N) is 1. The van der Waals surface area contributed by atoms with E-state index in [1.54, 1.807) is 36.5 Å². The molecule has 17 heavy (non-hydrogen) atoms. The van der Waals surface area contributed by atoms with Crippen molar-refractivity contribution >= 4 is 11.6 Å². The molecule has 0 aliphatic heterocycles. The highest BCUT2D eigenvalue weighted by Gasteiger charge is 2.07. The Labute approximate surface area is 98.9 Å². The van der Waals surface area contributed by atoms with Gasteiger partial charge in [0.15, 0.2) is 0 Å². The van der Waals surface area contributed by atoms with E-state index in [9.17, 15) is 4.79 Å². The normalized spacial score (nSPS) is 9.94. The van der Waals surface area contributed by atoms with Crippen molar-refractivity contribution in [1.82, 2.24) is 4.98 Å². The van der Waals surface area contributed by atoms with Crippen LogP contribution in [-0.4, -0.2) is 16.0 Å². The van der Waals surface area contributed by atoms with Crippen LogP contribution in [0.25, 0.3) is 0 Å². The molecule has 0 bridgehead atoms. The number of para-hydroxylation sites is 1. The molecule has 0 radical (unpaired) electrons. The van der Waals surface area contributed by atoms with Crippen molar-refractivity contribution in [2.45, 2.75) is 6.61 Å². The van der Waals surface area contributed by atoms with Crippen LogP contribution in [0.4, 0.5) is 5.69 Å². The van der Waals surface area contributed by atoms with Gasteiger partial charge in [-0.25, -0.2) is 0 Å². The first-order valence-electron chi connectivity index (χ1n) is 5.21. The quantitative estimate of drug-likeness (QED) is 0.842. The van der Waals surface area contributed by atoms with Gasteiger partial charge in [-0.05, 0) is 18.2 Å². The van der Waals surface area contributed by atoms with Gasteiger partial charge in [-0.3, -0.25) is 9.78 Å². The van der Waals surface area contributed by atoms with Crippen molar-refractivity contribution in [2.24, 2.45) is 0 Å². The second-order valence-corrected chi connectivity index (χ2v) is 3.51. The van der Waals surface area contributed by atoms with Crippen LogP contribution < -0.4 is 5.32 Å². The number of rotatable bonds is 3. The molecule has 0 fully saturated rings. The molecule has 0 spiro atoms. The van der Waals surface area contributed by atoms with E-state index in [1.807, 2.05) is 6.07 Å². The lowest BCUT2D eigenvalue weighted by atomic mass is 10.2. The Bertz CT molecular complexity index is 512. The number of amides is 1. The van der Waals surface area contributed by atoms with Crippen LogP contribution in [0.2, 0.25) is 0 Å². The number of aliphatic hydroxyl groups excluding tert-OH is 1. The van der Waals surface area contributed by atoms with Crippen LogP contribution >= 0.6 is 0 Å². The van der Waals surface area contributed by atoms with Gasteiger partial charge in [0.1, 0.15) is 0 Å². The number of hydrogen-bond acceptors (Lipinski definition) is 3. The summed E-state index contributed by atoms with van der Waals surface area (Å²) >= 11 is 0. The molecule has 0 atom stereocenters. The molecule has 2 aromatic rings. The second kappa shape index (κ2) is 5.23. The maximum Gasteiger partial charge on any atom is 0.257 e. The van der Waals surface area contributed by atoms with Crippen LogP contribution in [0.5, 0.6) is 0 Å². The van der Waals surface area contributed by atoms with E-state index in [4.69, 9.17) is 5.11 Å². The van der Waals surface area contributed by atoms with Crippen molar-refractivity contribution in [2.75, 3.05) is 5.32 Å². The van der Waals surface area contributed by atoms with Crippen molar-refractivity contribution in [1.29, 1.82) is 0 Å². The molecule has 2 N–H and O–H groups in total. The van der Waals surface area contributed by atoms with Gasteiger partial charge in [0.25, 0.3) is 5.91 Å². The molecular formula is C13H12N2O2. The lowest BCUT2D eigenvalue weighted by molar-refractivity contribution is 0.102. The highest BCUT2D eigenvalue weighted by atomic mass is 16.3.